The first-order chi connectivity index (χ1) is 6.88. The van der Waals surface area contributed by atoms with Crippen LogP contribution in [0.4, 0.5) is 0 Å². The van der Waals surface area contributed by atoms with Gasteiger partial charge in [-0.2, -0.15) is 0 Å². The highest BCUT2D eigenvalue weighted by Gasteiger charge is 2.36. The maximum Gasteiger partial charge on any atom is 0.0841 e. The van der Waals surface area contributed by atoms with Crippen molar-refractivity contribution in [2.45, 2.75) is 64.1 Å². The molecule has 2 atom stereocenters. The Morgan fingerprint density at radius 1 is 1.07 bits per heavy atom. The van der Waals surface area contributed by atoms with Gasteiger partial charge >= 0.3 is 0 Å². The molecule has 0 radical (unpaired) electrons. The van der Waals surface area contributed by atoms with Gasteiger partial charge in [0.25, 0.3) is 0 Å². The zero-order valence-electron chi connectivity index (χ0n) is 9.17. The Kier molecular flexibility index (Phi) is 6.15. The SMILES string of the molecule is CCCCC1OC1CCCCCNO. The van der Waals surface area contributed by atoms with Crippen LogP contribution in [0.15, 0.2) is 0 Å². The Bertz CT molecular complexity index is 141. The van der Waals surface area contributed by atoms with Crippen molar-refractivity contribution in [1.29, 1.82) is 0 Å². The lowest BCUT2D eigenvalue weighted by molar-refractivity contribution is 0.164. The predicted octanol–water partition coefficient (Wildman–Crippen LogP) is 2.48. The Balaban J connectivity index is 1.80. The van der Waals surface area contributed by atoms with E-state index in [0.717, 1.165) is 6.42 Å². The van der Waals surface area contributed by atoms with Crippen molar-refractivity contribution in [3.63, 3.8) is 0 Å². The summed E-state index contributed by atoms with van der Waals surface area (Å²) in [6.07, 6.45) is 9.64. The average Bonchev–Trinajstić information content (AvgIpc) is 2.93. The van der Waals surface area contributed by atoms with E-state index in [2.05, 4.69) is 12.4 Å². The van der Waals surface area contributed by atoms with Gasteiger partial charge in [-0.25, -0.2) is 5.48 Å². The lowest BCUT2D eigenvalue weighted by Crippen LogP contribution is -2.08. The van der Waals surface area contributed by atoms with Gasteiger partial charge in [-0.1, -0.05) is 32.6 Å². The van der Waals surface area contributed by atoms with E-state index in [1.165, 1.54) is 38.5 Å². The van der Waals surface area contributed by atoms with Crippen molar-refractivity contribution in [3.8, 4) is 0 Å². The molecule has 0 aromatic carbocycles. The van der Waals surface area contributed by atoms with E-state index < -0.39 is 0 Å². The fraction of sp³-hybridized carbons (Fsp3) is 1.00. The fourth-order valence-corrected chi connectivity index (χ4v) is 1.82. The number of hydroxylamine groups is 1. The van der Waals surface area contributed by atoms with Crippen molar-refractivity contribution in [3.05, 3.63) is 0 Å². The van der Waals surface area contributed by atoms with Crippen molar-refractivity contribution >= 4 is 0 Å². The van der Waals surface area contributed by atoms with Gasteiger partial charge in [-0.15, -0.1) is 0 Å². The molecule has 0 amide bonds. The van der Waals surface area contributed by atoms with Crippen molar-refractivity contribution < 1.29 is 9.94 Å². The molecular weight excluding hydrogens is 178 g/mol. The smallest absolute Gasteiger partial charge is 0.0841 e. The molecule has 0 aliphatic carbocycles. The number of hydrogen-bond acceptors (Lipinski definition) is 3. The second-order valence-corrected chi connectivity index (χ2v) is 4.11. The zero-order valence-corrected chi connectivity index (χ0v) is 9.17. The van der Waals surface area contributed by atoms with Crippen LogP contribution in [0.3, 0.4) is 0 Å². The van der Waals surface area contributed by atoms with Gasteiger partial charge in [0, 0.05) is 6.54 Å². The standard InChI is InChI=1S/C11H23NO2/c1-2-3-7-10-11(14-10)8-5-4-6-9-12-13/h10-13H,2-9H2,1H3. The molecule has 0 aromatic rings. The summed E-state index contributed by atoms with van der Waals surface area (Å²) in [6, 6.07) is 0. The van der Waals surface area contributed by atoms with Gasteiger partial charge in [-0.05, 0) is 19.3 Å². The van der Waals surface area contributed by atoms with Crippen LogP contribution in [-0.2, 0) is 4.74 Å². The highest BCUT2D eigenvalue weighted by Crippen LogP contribution is 2.31. The van der Waals surface area contributed by atoms with Gasteiger partial charge in [-0.3, -0.25) is 0 Å². The van der Waals surface area contributed by atoms with Crippen LogP contribution < -0.4 is 5.48 Å². The van der Waals surface area contributed by atoms with E-state index in [9.17, 15) is 0 Å². The first-order valence-corrected chi connectivity index (χ1v) is 5.91. The third-order valence-corrected chi connectivity index (χ3v) is 2.81. The summed E-state index contributed by atoms with van der Waals surface area (Å²) in [6.45, 7) is 2.93. The third kappa shape index (κ3) is 4.94. The third-order valence-electron chi connectivity index (χ3n) is 2.81. The maximum atomic E-state index is 8.35. The molecule has 0 aromatic heterocycles. The summed E-state index contributed by atoms with van der Waals surface area (Å²) in [4.78, 5) is 0. The van der Waals surface area contributed by atoms with E-state index in [1.807, 2.05) is 0 Å². The molecule has 1 fully saturated rings. The Labute approximate surface area is 86.8 Å². The number of nitrogens with one attached hydrogen (secondary N) is 1. The van der Waals surface area contributed by atoms with Gasteiger partial charge in [0.1, 0.15) is 0 Å². The van der Waals surface area contributed by atoms with Crippen molar-refractivity contribution in [2.24, 2.45) is 0 Å². The topological polar surface area (TPSA) is 44.8 Å². The van der Waals surface area contributed by atoms with Crippen LogP contribution in [0.25, 0.3) is 0 Å². The average molecular weight is 201 g/mol. The largest absolute Gasteiger partial charge is 0.370 e. The second kappa shape index (κ2) is 7.21. The molecule has 2 N–H and O–H groups in total. The summed E-state index contributed by atoms with van der Waals surface area (Å²) in [5.41, 5.74) is 2.18. The summed E-state index contributed by atoms with van der Waals surface area (Å²) in [5.74, 6) is 0. The van der Waals surface area contributed by atoms with E-state index in [1.54, 1.807) is 0 Å². The molecule has 0 saturated carbocycles. The minimum absolute atomic E-state index is 0.559. The normalized spacial score (nSPS) is 25.3. The molecule has 1 aliphatic heterocycles. The van der Waals surface area contributed by atoms with Gasteiger partial charge in [0.15, 0.2) is 0 Å². The molecule has 0 bridgehead atoms. The highest BCUT2D eigenvalue weighted by molar-refractivity contribution is 4.84. The number of epoxide rings is 1. The predicted molar refractivity (Wildman–Crippen MR) is 56.4 cm³/mol. The molecule has 2 unspecified atom stereocenters. The van der Waals surface area contributed by atoms with E-state index in [0.29, 0.717) is 18.8 Å². The monoisotopic (exact) mass is 201 g/mol. The van der Waals surface area contributed by atoms with Crippen LogP contribution in [-0.4, -0.2) is 24.0 Å². The first kappa shape index (κ1) is 12.0. The number of rotatable bonds is 9. The molecule has 1 rings (SSSR count). The van der Waals surface area contributed by atoms with E-state index >= 15 is 0 Å². The maximum absolute atomic E-state index is 8.35. The van der Waals surface area contributed by atoms with Crippen LogP contribution in [0.2, 0.25) is 0 Å². The molecule has 1 aliphatic rings. The summed E-state index contributed by atoms with van der Waals surface area (Å²) in [5, 5.41) is 8.35. The summed E-state index contributed by atoms with van der Waals surface area (Å²) >= 11 is 0. The minimum Gasteiger partial charge on any atom is -0.370 e. The molecule has 1 saturated heterocycles. The summed E-state index contributed by atoms with van der Waals surface area (Å²) in [7, 11) is 0. The molecule has 1 heterocycles. The van der Waals surface area contributed by atoms with Gasteiger partial charge in [0.05, 0.1) is 12.2 Å². The number of ether oxygens (including phenoxy) is 1. The Morgan fingerprint density at radius 2 is 1.79 bits per heavy atom. The van der Waals surface area contributed by atoms with Crippen molar-refractivity contribution in [2.75, 3.05) is 6.54 Å². The lowest BCUT2D eigenvalue weighted by Gasteiger charge is -1.98. The summed E-state index contributed by atoms with van der Waals surface area (Å²) < 4.78 is 5.56. The molecule has 84 valence electrons. The van der Waals surface area contributed by atoms with Gasteiger partial charge in [0.2, 0.25) is 0 Å². The van der Waals surface area contributed by atoms with E-state index in [-0.39, 0.29) is 0 Å². The fourth-order valence-electron chi connectivity index (χ4n) is 1.82. The molecular formula is C11H23NO2. The Hall–Kier alpha value is -0.120. The second-order valence-electron chi connectivity index (χ2n) is 4.11. The van der Waals surface area contributed by atoms with Crippen LogP contribution in [0, 0.1) is 0 Å². The van der Waals surface area contributed by atoms with Crippen LogP contribution in [0.5, 0.6) is 0 Å². The molecule has 3 nitrogen and oxygen atoms in total. The highest BCUT2D eigenvalue weighted by atomic mass is 16.6. The number of unbranched alkanes of at least 4 members (excludes halogenated alkanes) is 3. The lowest BCUT2D eigenvalue weighted by atomic mass is 10.1. The van der Waals surface area contributed by atoms with Gasteiger partial charge < -0.3 is 9.94 Å². The molecule has 0 spiro atoms. The van der Waals surface area contributed by atoms with E-state index in [4.69, 9.17) is 9.94 Å². The van der Waals surface area contributed by atoms with Crippen LogP contribution in [0.1, 0.15) is 51.9 Å². The minimum atomic E-state index is 0.559. The Morgan fingerprint density at radius 3 is 2.43 bits per heavy atom. The zero-order chi connectivity index (χ0) is 10.2. The van der Waals surface area contributed by atoms with Crippen LogP contribution >= 0.6 is 0 Å². The first-order valence-electron chi connectivity index (χ1n) is 5.91. The number of hydrogen-bond donors (Lipinski definition) is 2. The molecule has 3 heteroatoms. The molecule has 14 heavy (non-hydrogen) atoms. The quantitative estimate of drug-likeness (QED) is 0.342. The van der Waals surface area contributed by atoms with Crippen molar-refractivity contribution in [1.82, 2.24) is 5.48 Å².